The van der Waals surface area contributed by atoms with Crippen molar-refractivity contribution in [1.29, 1.82) is 0 Å². The maximum Gasteiger partial charge on any atom is -0.0156 e. The molecule has 164 valence electrons. The Morgan fingerprint density at radius 3 is 0.794 bits per heavy atom. The van der Waals surface area contributed by atoms with E-state index < -0.39 is 15.8 Å². The van der Waals surface area contributed by atoms with E-state index in [0.717, 1.165) is 0 Å². The highest BCUT2D eigenvalue weighted by Crippen LogP contribution is 2.36. The quantitative estimate of drug-likeness (QED) is 0.289. The molecule has 0 N–H and O–H groups in total. The molecule has 0 unspecified atom stereocenters. The van der Waals surface area contributed by atoms with Crippen molar-refractivity contribution in [3.05, 3.63) is 156 Å². The topological polar surface area (TPSA) is 0 Å². The summed E-state index contributed by atoms with van der Waals surface area (Å²) >= 11 is 0. The maximum absolute atomic E-state index is 2.48. The Bertz CT molecular complexity index is 1240. The van der Waals surface area contributed by atoms with Crippen LogP contribution >= 0.6 is 15.8 Å². The minimum Gasteiger partial charge on any atom is -0.0622 e. The molecular weight excluding hydrogens is 446 g/mol. The highest BCUT2D eigenvalue weighted by Gasteiger charge is 2.12. The van der Waals surface area contributed by atoms with Crippen molar-refractivity contribution in [1.82, 2.24) is 0 Å². The van der Waals surface area contributed by atoms with Gasteiger partial charge in [-0.3, -0.25) is 0 Å². The largest absolute Gasteiger partial charge is 0.0622 e. The summed E-state index contributed by atoms with van der Waals surface area (Å²) in [5.74, 6) is 4.96. The summed E-state index contributed by atoms with van der Waals surface area (Å²) in [7, 11) is -1.23. The van der Waals surface area contributed by atoms with Gasteiger partial charge in [-0.05, 0) is 59.1 Å². The predicted molar refractivity (Wildman–Crippen MR) is 153 cm³/mol. The van der Waals surface area contributed by atoms with Crippen LogP contribution in [0.2, 0.25) is 0 Å². The summed E-state index contributed by atoms with van der Waals surface area (Å²) in [6.45, 7) is 0. The predicted octanol–water partition coefficient (Wildman–Crippen LogP) is 5.43. The zero-order valence-electron chi connectivity index (χ0n) is 18.9. The molecule has 0 atom stereocenters. The molecule has 0 spiro atoms. The summed E-state index contributed by atoms with van der Waals surface area (Å²) in [5.41, 5.74) is 0. The Balaban J connectivity index is 1.69. The van der Waals surface area contributed by atoms with E-state index in [1.54, 1.807) is 0 Å². The average Bonchev–Trinajstić information content (AvgIpc) is 2.93. The lowest BCUT2D eigenvalue weighted by molar-refractivity contribution is 1.54. The summed E-state index contributed by atoms with van der Waals surface area (Å²) in [6, 6.07) is 52.4. The molecule has 5 aromatic carbocycles. The van der Waals surface area contributed by atoms with Gasteiger partial charge in [0, 0.05) is 0 Å². The van der Waals surface area contributed by atoms with E-state index in [2.05, 4.69) is 157 Å². The van der Waals surface area contributed by atoms with E-state index in [1.165, 1.54) is 31.7 Å². The van der Waals surface area contributed by atoms with Crippen molar-refractivity contribution in [2.24, 2.45) is 0 Å². The molecule has 0 radical (unpaired) electrons. The maximum atomic E-state index is 2.48. The molecule has 0 saturated carbocycles. The number of benzene rings is 5. The van der Waals surface area contributed by atoms with Crippen molar-refractivity contribution in [2.45, 2.75) is 0 Å². The number of hydrogen-bond donors (Lipinski definition) is 0. The zero-order valence-corrected chi connectivity index (χ0v) is 20.7. The molecule has 0 nitrogen and oxygen atoms in total. The van der Waals surface area contributed by atoms with Crippen LogP contribution in [0.4, 0.5) is 0 Å². The second kappa shape index (κ2) is 11.2. The van der Waals surface area contributed by atoms with E-state index in [4.69, 9.17) is 0 Å². The van der Waals surface area contributed by atoms with Gasteiger partial charge >= 0.3 is 0 Å². The van der Waals surface area contributed by atoms with E-state index >= 15 is 0 Å². The molecule has 0 aromatic heterocycles. The first-order valence-corrected chi connectivity index (χ1v) is 14.3. The first-order valence-electron chi connectivity index (χ1n) is 11.5. The Morgan fingerprint density at radius 2 is 0.529 bits per heavy atom. The third-order valence-electron chi connectivity index (χ3n) is 5.67. The molecule has 0 aliphatic carbocycles. The van der Waals surface area contributed by atoms with Gasteiger partial charge in [0.25, 0.3) is 0 Å². The Hall–Kier alpha value is -3.30. The fourth-order valence-corrected chi connectivity index (χ4v) is 8.17. The highest BCUT2D eigenvalue weighted by atomic mass is 31.1. The Labute approximate surface area is 204 Å². The van der Waals surface area contributed by atoms with Crippen LogP contribution in [0.3, 0.4) is 0 Å². The van der Waals surface area contributed by atoms with Crippen molar-refractivity contribution in [3.63, 3.8) is 0 Å². The molecule has 0 heterocycles. The van der Waals surface area contributed by atoms with Gasteiger partial charge < -0.3 is 0 Å². The summed E-state index contributed by atoms with van der Waals surface area (Å²) in [5, 5.41) is 8.05. The summed E-state index contributed by atoms with van der Waals surface area (Å²) < 4.78 is 0. The molecule has 0 fully saturated rings. The second-order valence-electron chi connectivity index (χ2n) is 7.97. The van der Waals surface area contributed by atoms with Crippen LogP contribution in [-0.4, -0.2) is 0 Å². The van der Waals surface area contributed by atoms with E-state index in [1.807, 2.05) is 0 Å². The van der Waals surface area contributed by atoms with Gasteiger partial charge in [0.05, 0.1) is 0 Å². The van der Waals surface area contributed by atoms with Crippen molar-refractivity contribution in [2.75, 3.05) is 0 Å². The van der Waals surface area contributed by atoms with E-state index in [-0.39, 0.29) is 0 Å². The fourth-order valence-electron chi connectivity index (χ4n) is 3.97. The van der Waals surface area contributed by atoms with Crippen molar-refractivity contribution in [3.8, 4) is 0 Å². The van der Waals surface area contributed by atoms with Gasteiger partial charge in [0.15, 0.2) is 0 Å². The van der Waals surface area contributed by atoms with E-state index in [9.17, 15) is 0 Å². The number of rotatable bonds is 6. The van der Waals surface area contributed by atoms with Gasteiger partial charge in [-0.2, -0.15) is 0 Å². The van der Waals surface area contributed by atoms with Crippen LogP contribution in [-0.2, 0) is 0 Å². The minimum atomic E-state index is -0.615. The average molecular weight is 473 g/mol. The lowest BCUT2D eigenvalue weighted by Gasteiger charge is -2.16. The summed E-state index contributed by atoms with van der Waals surface area (Å²) in [6.07, 6.45) is 0. The minimum absolute atomic E-state index is 0.615. The van der Waals surface area contributed by atoms with Gasteiger partial charge in [0.2, 0.25) is 0 Å². The Morgan fingerprint density at radius 1 is 0.294 bits per heavy atom. The third-order valence-corrected chi connectivity index (χ3v) is 10.2. The van der Waals surface area contributed by atoms with Crippen molar-refractivity contribution >= 4 is 48.7 Å². The molecule has 0 saturated heterocycles. The first kappa shape index (κ1) is 22.5. The lowest BCUT2D eigenvalue weighted by atomic mass is 10.3. The Kier molecular flexibility index (Phi) is 7.42. The molecule has 34 heavy (non-hydrogen) atoms. The van der Waals surface area contributed by atoms with Gasteiger partial charge in [-0.1, -0.05) is 146 Å². The van der Waals surface area contributed by atoms with Crippen LogP contribution in [0.15, 0.2) is 146 Å². The molecule has 0 aliphatic heterocycles. The van der Waals surface area contributed by atoms with Crippen LogP contribution in [0.1, 0.15) is 0 Å². The molecule has 0 bridgehead atoms. The van der Waals surface area contributed by atoms with Crippen LogP contribution in [0.25, 0.3) is 11.6 Å². The molecule has 0 aliphatic rings. The molecule has 0 amide bonds. The molecular formula is C32H26P2. The van der Waals surface area contributed by atoms with Gasteiger partial charge in [0.1, 0.15) is 0 Å². The standard InChI is InChI=1S/C32H26P2/c1-5-17-29(18-6-1)33(30-19-7-2-8-20-30)25-27-15-13-14-16-28(27)26-34(31-21-9-3-10-22-31)32-23-11-4-12-24-32/h1-26H. The van der Waals surface area contributed by atoms with Crippen LogP contribution in [0.5, 0.6) is 0 Å². The summed E-state index contributed by atoms with van der Waals surface area (Å²) in [4.78, 5) is 0. The highest BCUT2D eigenvalue weighted by molar-refractivity contribution is 7.80. The molecule has 5 aromatic rings. The van der Waals surface area contributed by atoms with Crippen LogP contribution in [0, 0.1) is 0 Å². The smallest absolute Gasteiger partial charge is 0.0156 e. The fraction of sp³-hybridized carbons (Fsp3) is 0. The molecule has 5 rings (SSSR count). The monoisotopic (exact) mass is 472 g/mol. The zero-order chi connectivity index (χ0) is 23.0. The van der Waals surface area contributed by atoms with Crippen LogP contribution < -0.4 is 31.7 Å². The van der Waals surface area contributed by atoms with Gasteiger partial charge in [-0.15, -0.1) is 0 Å². The first-order chi connectivity index (χ1) is 16.9. The lowest BCUT2D eigenvalue weighted by Crippen LogP contribution is -2.26. The SMILES string of the molecule is C(=c1ccccc1=CP(c1ccccc1)c1ccccc1)P(c1ccccc1)c1ccccc1. The normalized spacial score (nSPS) is 12.4. The number of hydrogen-bond acceptors (Lipinski definition) is 0. The molecule has 2 heteroatoms. The van der Waals surface area contributed by atoms with E-state index in [0.29, 0.717) is 0 Å². The van der Waals surface area contributed by atoms with Crippen molar-refractivity contribution < 1.29 is 0 Å². The second-order valence-corrected chi connectivity index (χ2v) is 12.0. The van der Waals surface area contributed by atoms with Gasteiger partial charge in [-0.25, -0.2) is 0 Å². The third kappa shape index (κ3) is 5.43.